The molecule has 1 aliphatic rings. The van der Waals surface area contributed by atoms with Crippen LogP contribution >= 0.6 is 0 Å². The van der Waals surface area contributed by atoms with E-state index >= 15 is 0 Å². The molecule has 36 heavy (non-hydrogen) atoms. The summed E-state index contributed by atoms with van der Waals surface area (Å²) in [5.41, 5.74) is 2.61. The first-order valence-electron chi connectivity index (χ1n) is 11.6. The minimum absolute atomic E-state index is 0.0442. The molecule has 186 valence electrons. The fourth-order valence-corrected chi connectivity index (χ4v) is 5.28. The van der Waals surface area contributed by atoms with E-state index in [1.807, 2.05) is 12.1 Å². The van der Waals surface area contributed by atoms with Gasteiger partial charge in [-0.05, 0) is 67.2 Å². The largest absolute Gasteiger partial charge is 0.508 e. The Kier molecular flexibility index (Phi) is 6.43. The molecule has 1 heterocycles. The molecule has 1 aliphatic carbocycles. The van der Waals surface area contributed by atoms with Gasteiger partial charge in [0.15, 0.2) is 0 Å². The van der Waals surface area contributed by atoms with Crippen LogP contribution in [0.25, 0.3) is 11.0 Å². The number of carbonyl (C=O) groups excluding carboxylic acids is 1. The molecule has 10 heteroatoms. The number of carbonyl (C=O) groups is 1. The number of hydrogen-bond donors (Lipinski definition) is 5. The Morgan fingerprint density at radius 2 is 1.81 bits per heavy atom. The molecule has 0 saturated heterocycles. The fourth-order valence-electron chi connectivity index (χ4n) is 4.22. The summed E-state index contributed by atoms with van der Waals surface area (Å²) in [6.45, 7) is 0. The zero-order chi connectivity index (χ0) is 25.1. The molecular weight excluding hydrogens is 478 g/mol. The van der Waals surface area contributed by atoms with Gasteiger partial charge in [-0.3, -0.25) is 5.32 Å². The lowest BCUT2D eigenvalue weighted by molar-refractivity contribution is 0.262. The number of aromatic hydroxyl groups is 1. The second-order valence-electron chi connectivity index (χ2n) is 8.74. The van der Waals surface area contributed by atoms with Crippen LogP contribution in [0.2, 0.25) is 0 Å². The van der Waals surface area contributed by atoms with Crippen LogP contribution in [-0.2, 0) is 9.80 Å². The molecule has 0 aliphatic heterocycles. The quantitative estimate of drug-likeness (QED) is 0.216. The average molecular weight is 506 g/mol. The number of fused-ring (bicyclic) bond motifs is 1. The molecule has 1 unspecified atom stereocenters. The minimum Gasteiger partial charge on any atom is -0.508 e. The summed E-state index contributed by atoms with van der Waals surface area (Å²) >= 11 is 0. The Hall–Kier alpha value is -4.18. The maximum absolute atomic E-state index is 13.2. The molecule has 1 aromatic heterocycles. The van der Waals surface area contributed by atoms with E-state index in [0.717, 1.165) is 5.69 Å². The summed E-state index contributed by atoms with van der Waals surface area (Å²) in [5.74, 6) is 4.44. The van der Waals surface area contributed by atoms with E-state index < -0.39 is 15.8 Å². The Bertz CT molecular complexity index is 1490. The van der Waals surface area contributed by atoms with Gasteiger partial charge in [0.2, 0.25) is 5.95 Å². The van der Waals surface area contributed by atoms with Gasteiger partial charge in [-0.15, -0.1) is 0 Å². The summed E-state index contributed by atoms with van der Waals surface area (Å²) < 4.78 is 19.0. The van der Waals surface area contributed by atoms with Gasteiger partial charge in [0.25, 0.3) is 0 Å². The molecule has 1 fully saturated rings. The van der Waals surface area contributed by atoms with Crippen LogP contribution in [0.3, 0.4) is 0 Å². The van der Waals surface area contributed by atoms with Crippen molar-refractivity contribution in [2.24, 2.45) is 0 Å². The van der Waals surface area contributed by atoms with Crippen molar-refractivity contribution in [3.8, 4) is 11.5 Å². The minimum atomic E-state index is -3.04. The average Bonchev–Trinajstić information content (AvgIpc) is 3.48. The van der Waals surface area contributed by atoms with E-state index in [4.69, 9.17) is 4.18 Å². The van der Waals surface area contributed by atoms with Gasteiger partial charge in [-0.25, -0.2) is 14.0 Å². The Balaban J connectivity index is 1.24. The Labute approximate surface area is 209 Å². The van der Waals surface area contributed by atoms with Crippen LogP contribution in [0, 0.1) is 0 Å². The number of phenols is 1. The van der Waals surface area contributed by atoms with Crippen LogP contribution in [-0.4, -0.2) is 37.2 Å². The lowest BCUT2D eigenvalue weighted by Gasteiger charge is -2.15. The van der Waals surface area contributed by atoms with E-state index in [-0.39, 0.29) is 11.7 Å². The van der Waals surface area contributed by atoms with E-state index in [1.165, 1.54) is 37.8 Å². The number of amides is 2. The number of benzene rings is 3. The van der Waals surface area contributed by atoms with Gasteiger partial charge < -0.3 is 24.9 Å². The number of rotatable bonds is 7. The number of hydrogen-bond acceptors (Lipinski definition) is 6. The van der Waals surface area contributed by atoms with Gasteiger partial charge in [0.05, 0.1) is 15.9 Å². The predicted octanol–water partition coefficient (Wildman–Crippen LogP) is 5.34. The van der Waals surface area contributed by atoms with Crippen molar-refractivity contribution in [2.75, 3.05) is 16.0 Å². The second kappa shape index (κ2) is 9.82. The van der Waals surface area contributed by atoms with Gasteiger partial charge in [0.1, 0.15) is 21.3 Å². The third-order valence-corrected chi connectivity index (χ3v) is 7.41. The zero-order valence-corrected chi connectivity index (χ0v) is 20.3. The first kappa shape index (κ1) is 23.6. The topological polar surface area (TPSA) is 128 Å². The van der Waals surface area contributed by atoms with Gasteiger partial charge >= 0.3 is 6.03 Å². The summed E-state index contributed by atoms with van der Waals surface area (Å²) in [6, 6.07) is 18.5. The van der Waals surface area contributed by atoms with Crippen molar-refractivity contribution in [2.45, 2.75) is 36.6 Å². The van der Waals surface area contributed by atoms with E-state index in [1.54, 1.807) is 42.5 Å². The normalized spacial score (nSPS) is 15.3. The molecule has 3 aromatic carbocycles. The zero-order valence-electron chi connectivity index (χ0n) is 19.5. The highest BCUT2D eigenvalue weighted by Gasteiger charge is 2.16. The van der Waals surface area contributed by atoms with Crippen molar-refractivity contribution >= 4 is 50.1 Å². The maximum Gasteiger partial charge on any atom is 0.326 e. The van der Waals surface area contributed by atoms with Crippen molar-refractivity contribution in [3.63, 3.8) is 0 Å². The summed E-state index contributed by atoms with van der Waals surface area (Å²) in [6.07, 6.45) is 4.85. The molecular formula is C26H27N5O4S. The predicted molar refractivity (Wildman–Crippen MR) is 143 cm³/mol. The maximum atomic E-state index is 13.2. The van der Waals surface area contributed by atoms with Gasteiger partial charge in [-0.1, -0.05) is 18.9 Å². The number of nitrogens with one attached hydrogen (secondary N) is 4. The number of nitrogens with zero attached hydrogens (tertiary/aromatic N) is 1. The van der Waals surface area contributed by atoms with Crippen LogP contribution < -0.4 is 20.1 Å². The summed E-state index contributed by atoms with van der Waals surface area (Å²) in [4.78, 5) is 20.1. The van der Waals surface area contributed by atoms with E-state index in [9.17, 15) is 14.1 Å². The van der Waals surface area contributed by atoms with Crippen LogP contribution in [0.1, 0.15) is 25.7 Å². The smallest absolute Gasteiger partial charge is 0.326 e. The van der Waals surface area contributed by atoms with Crippen molar-refractivity contribution in [1.29, 1.82) is 0 Å². The third-order valence-electron chi connectivity index (χ3n) is 5.96. The monoisotopic (exact) mass is 505 g/mol. The fraction of sp³-hybridized carbons (Fsp3) is 0.192. The van der Waals surface area contributed by atoms with Gasteiger partial charge in [0, 0.05) is 29.5 Å². The number of aromatic nitrogens is 2. The third kappa shape index (κ3) is 5.55. The molecule has 2 amide bonds. The molecule has 4 aromatic rings. The van der Waals surface area contributed by atoms with Crippen molar-refractivity contribution in [3.05, 3.63) is 66.7 Å². The first-order valence-corrected chi connectivity index (χ1v) is 13.3. The number of phenolic OH excluding ortho intramolecular Hbond substituents is 1. The molecule has 5 N–H and O–H groups in total. The SMILES string of the molecule is C=S(=O)(Oc1ccc2nc(NC(=O)Nc3cccc(O)c3)[nH]c2c1)c1ccc(NC2CCCC2)cc1. The van der Waals surface area contributed by atoms with Crippen molar-refractivity contribution in [1.82, 2.24) is 9.97 Å². The number of aromatic amines is 1. The van der Waals surface area contributed by atoms with Crippen LogP contribution in [0.15, 0.2) is 71.6 Å². The Morgan fingerprint density at radius 1 is 1.03 bits per heavy atom. The van der Waals surface area contributed by atoms with Crippen molar-refractivity contribution < 1.29 is 18.3 Å². The summed E-state index contributed by atoms with van der Waals surface area (Å²) in [5, 5.41) is 18.3. The highest BCUT2D eigenvalue weighted by atomic mass is 32.2. The molecule has 0 spiro atoms. The Morgan fingerprint density at radius 3 is 2.56 bits per heavy atom. The molecule has 5 rings (SSSR count). The number of anilines is 3. The highest BCUT2D eigenvalue weighted by Crippen LogP contribution is 2.26. The van der Waals surface area contributed by atoms with E-state index in [0.29, 0.717) is 33.4 Å². The van der Waals surface area contributed by atoms with Gasteiger partial charge in [-0.2, -0.15) is 0 Å². The molecule has 9 nitrogen and oxygen atoms in total. The lowest BCUT2D eigenvalue weighted by Crippen LogP contribution is -2.20. The van der Waals surface area contributed by atoms with E-state index in [2.05, 4.69) is 31.8 Å². The molecule has 1 atom stereocenters. The first-order chi connectivity index (χ1) is 17.3. The molecule has 1 saturated carbocycles. The molecule has 0 radical (unpaired) electrons. The standard InChI is InChI=1S/C26H27N5O4S/c1-36(34,22-12-9-18(10-13-22)27-17-5-2-3-6-17)35-21-11-14-23-24(16-21)30-25(29-23)31-26(33)28-19-7-4-8-20(32)15-19/h4,7-17,27,32H,1-3,5-6H2,(H3,28,29,30,31,33). The molecule has 0 bridgehead atoms. The summed E-state index contributed by atoms with van der Waals surface area (Å²) in [7, 11) is -3.04. The number of urea groups is 1. The van der Waals surface area contributed by atoms with Crippen LogP contribution in [0.5, 0.6) is 11.5 Å². The van der Waals surface area contributed by atoms with Crippen LogP contribution in [0.4, 0.5) is 22.1 Å². The highest BCUT2D eigenvalue weighted by molar-refractivity contribution is 7.96. The number of imidazole rings is 1. The second-order valence-corrected chi connectivity index (χ2v) is 10.6. The number of H-pyrrole nitrogens is 1. The lowest BCUT2D eigenvalue weighted by atomic mass is 10.2.